The van der Waals surface area contributed by atoms with Crippen LogP contribution in [-0.4, -0.2) is 70.6 Å². The predicted octanol–water partition coefficient (Wildman–Crippen LogP) is -3.77. The van der Waals surface area contributed by atoms with Crippen LogP contribution in [-0.2, 0) is 5.41 Å². The summed E-state index contributed by atoms with van der Waals surface area (Å²) in [6.07, 6.45) is 0. The first-order chi connectivity index (χ1) is 10.5. The van der Waals surface area contributed by atoms with Gasteiger partial charge in [-0.15, -0.1) is 0 Å². The molecule has 4 aliphatic rings. The van der Waals surface area contributed by atoms with Gasteiger partial charge in [-0.05, 0) is 5.56 Å². The molecule has 0 saturated carbocycles. The molecule has 0 amide bonds. The molecule has 120 valence electrons. The summed E-state index contributed by atoms with van der Waals surface area (Å²) < 4.78 is 0. The van der Waals surface area contributed by atoms with Gasteiger partial charge in [0.25, 0.3) is 0 Å². The lowest BCUT2D eigenvalue weighted by atomic mass is 9.57. The third kappa shape index (κ3) is 1.98. The molecule has 4 bridgehead atoms. The zero-order valence-corrected chi connectivity index (χ0v) is 13.9. The molecule has 0 aliphatic carbocycles. The number of hydrogen-bond acceptors (Lipinski definition) is 1. The smallest absolute Gasteiger partial charge is 0.147 e. The van der Waals surface area contributed by atoms with Crippen molar-refractivity contribution in [2.45, 2.75) is 11.0 Å². The van der Waals surface area contributed by atoms with E-state index in [9.17, 15) is 5.11 Å². The Hall–Kier alpha value is -0.940. The van der Waals surface area contributed by atoms with Crippen LogP contribution in [0.5, 0.6) is 0 Å². The zero-order chi connectivity index (χ0) is 15.4. The van der Waals surface area contributed by atoms with Crippen LogP contribution in [0.25, 0.3) is 0 Å². The second-order valence-electron chi connectivity index (χ2n) is 8.21. The monoisotopic (exact) mass is 304 g/mol. The summed E-state index contributed by atoms with van der Waals surface area (Å²) in [5, 5.41) is 11.9. The average Bonchev–Trinajstić information content (AvgIpc) is 2.74. The number of likely N-dealkylation sites (N-methyl/N-ethyl adjacent to an activating group) is 1. The van der Waals surface area contributed by atoms with Crippen molar-refractivity contribution in [3.8, 4) is 0 Å². The first kappa shape index (κ1) is 14.6. The first-order valence-electron chi connectivity index (χ1n) is 8.77. The Labute approximate surface area is 133 Å². The van der Waals surface area contributed by atoms with Crippen molar-refractivity contribution in [3.05, 3.63) is 35.9 Å². The Bertz CT molecular complexity index is 531. The predicted molar refractivity (Wildman–Crippen MR) is 85.4 cm³/mol. The molecule has 4 heteroatoms. The van der Waals surface area contributed by atoms with Crippen molar-refractivity contribution in [1.29, 1.82) is 0 Å². The quantitative estimate of drug-likeness (QED) is 0.454. The van der Waals surface area contributed by atoms with Gasteiger partial charge in [-0.1, -0.05) is 30.3 Å². The number of aliphatic hydroxyl groups is 1. The van der Waals surface area contributed by atoms with Gasteiger partial charge in [0.1, 0.15) is 30.7 Å². The van der Waals surface area contributed by atoms with Crippen molar-refractivity contribution < 1.29 is 19.8 Å². The van der Waals surface area contributed by atoms with Gasteiger partial charge in [-0.25, -0.2) is 0 Å². The third-order valence-electron chi connectivity index (χ3n) is 6.46. The van der Waals surface area contributed by atoms with E-state index in [1.54, 1.807) is 9.80 Å². The highest BCUT2D eigenvalue weighted by Gasteiger charge is 2.69. The van der Waals surface area contributed by atoms with Crippen molar-refractivity contribution in [3.63, 3.8) is 0 Å². The molecule has 0 radical (unpaired) electrons. The first-order valence-corrected chi connectivity index (χ1v) is 8.77. The van der Waals surface area contributed by atoms with Crippen LogP contribution in [0.4, 0.5) is 0 Å². The van der Waals surface area contributed by atoms with Crippen LogP contribution in [0.1, 0.15) is 5.56 Å². The molecule has 3 atom stereocenters. The van der Waals surface area contributed by atoms with Gasteiger partial charge in [0.05, 0.1) is 46.2 Å². The van der Waals surface area contributed by atoms with Crippen LogP contribution < -0.4 is 14.7 Å². The Balaban J connectivity index is 1.86. The maximum Gasteiger partial charge on any atom is 0.147 e. The minimum Gasteiger partial charge on any atom is -0.382 e. The molecule has 1 aromatic rings. The fraction of sp³-hybridized carbons (Fsp3) is 0.667. The molecule has 4 aliphatic heterocycles. The lowest BCUT2D eigenvalue weighted by molar-refractivity contribution is -0.921. The van der Waals surface area contributed by atoms with Gasteiger partial charge in [0.15, 0.2) is 0 Å². The average molecular weight is 304 g/mol. The van der Waals surface area contributed by atoms with E-state index < -0.39 is 5.60 Å². The summed E-state index contributed by atoms with van der Waals surface area (Å²) in [5.74, 6) is 0.428. The number of rotatable bonds is 3. The lowest BCUT2D eigenvalue weighted by Gasteiger charge is -2.56. The maximum atomic E-state index is 11.9. The highest BCUT2D eigenvalue weighted by Crippen LogP contribution is 2.41. The Morgan fingerprint density at radius 1 is 1.09 bits per heavy atom. The molecule has 4 fully saturated rings. The summed E-state index contributed by atoms with van der Waals surface area (Å²) in [6, 6.07) is 10.9. The van der Waals surface area contributed by atoms with E-state index in [0.717, 1.165) is 32.7 Å². The number of fused-ring (bicyclic) bond motifs is 1. The van der Waals surface area contributed by atoms with E-state index in [4.69, 9.17) is 0 Å². The molecule has 4 saturated heterocycles. The standard InChI is InChI=1S/C18H27N3O/c1-19(2)14-18(22)16-10-20-8-9-21(11-16)13-17(18,12-20)15-6-4-3-5-7-15/h3-7,16,22H,8-14H2,1-2H3/p+3/t16?,17?,18-/m1/s1. The van der Waals surface area contributed by atoms with Crippen LogP contribution in [0.15, 0.2) is 30.3 Å². The number of benzene rings is 1. The molecular formula is C18H30N3O+3. The summed E-state index contributed by atoms with van der Waals surface area (Å²) in [6.45, 7) is 7.90. The van der Waals surface area contributed by atoms with Crippen molar-refractivity contribution in [2.75, 3.05) is 59.9 Å². The lowest BCUT2D eigenvalue weighted by Crippen LogP contribution is -3.21. The Morgan fingerprint density at radius 2 is 1.68 bits per heavy atom. The second-order valence-corrected chi connectivity index (χ2v) is 8.21. The summed E-state index contributed by atoms with van der Waals surface area (Å²) in [5.41, 5.74) is 0.721. The maximum absolute atomic E-state index is 11.9. The molecule has 0 spiro atoms. The molecule has 4 N–H and O–H groups in total. The fourth-order valence-corrected chi connectivity index (χ4v) is 5.66. The largest absolute Gasteiger partial charge is 0.382 e. The summed E-state index contributed by atoms with van der Waals surface area (Å²) in [4.78, 5) is 4.78. The number of piperidine rings is 2. The van der Waals surface area contributed by atoms with Gasteiger partial charge < -0.3 is 19.8 Å². The van der Waals surface area contributed by atoms with Gasteiger partial charge >= 0.3 is 0 Å². The van der Waals surface area contributed by atoms with Crippen LogP contribution in [0.3, 0.4) is 0 Å². The molecule has 5 rings (SSSR count). The van der Waals surface area contributed by atoms with E-state index in [1.807, 2.05) is 0 Å². The molecule has 22 heavy (non-hydrogen) atoms. The van der Waals surface area contributed by atoms with Crippen molar-refractivity contribution >= 4 is 0 Å². The SMILES string of the molecule is C[NH+](C)C[C@@]1(O)C2C[NH+]3CC[NH+](C2)CC1(c1ccccc1)C3. The van der Waals surface area contributed by atoms with E-state index >= 15 is 0 Å². The second kappa shape index (κ2) is 5.03. The molecule has 0 aromatic heterocycles. The van der Waals surface area contributed by atoms with Crippen LogP contribution in [0, 0.1) is 5.92 Å². The van der Waals surface area contributed by atoms with E-state index in [0.29, 0.717) is 5.92 Å². The normalized spacial score (nSPS) is 43.5. The Morgan fingerprint density at radius 3 is 2.23 bits per heavy atom. The van der Waals surface area contributed by atoms with Crippen LogP contribution >= 0.6 is 0 Å². The number of hydrogen-bond donors (Lipinski definition) is 4. The Kier molecular flexibility index (Phi) is 3.35. The minimum atomic E-state index is -0.565. The van der Waals surface area contributed by atoms with E-state index in [2.05, 4.69) is 44.4 Å². The molecule has 1 aromatic carbocycles. The van der Waals surface area contributed by atoms with E-state index in [1.165, 1.54) is 23.6 Å². The van der Waals surface area contributed by atoms with Crippen molar-refractivity contribution in [1.82, 2.24) is 0 Å². The topological polar surface area (TPSA) is 33.6 Å². The third-order valence-corrected chi connectivity index (χ3v) is 6.46. The number of quaternary nitrogens is 3. The van der Waals surface area contributed by atoms with Crippen LogP contribution in [0.2, 0.25) is 0 Å². The van der Waals surface area contributed by atoms with Crippen molar-refractivity contribution in [2.24, 2.45) is 5.92 Å². The van der Waals surface area contributed by atoms with Gasteiger partial charge in [0.2, 0.25) is 0 Å². The molecule has 4 nitrogen and oxygen atoms in total. The molecular weight excluding hydrogens is 274 g/mol. The molecule has 2 unspecified atom stereocenters. The minimum absolute atomic E-state index is 0.0755. The molecule has 4 heterocycles. The highest BCUT2D eigenvalue weighted by molar-refractivity contribution is 5.33. The highest BCUT2D eigenvalue weighted by atomic mass is 16.3. The van der Waals surface area contributed by atoms with Gasteiger partial charge in [-0.3, -0.25) is 0 Å². The fourth-order valence-electron chi connectivity index (χ4n) is 5.66. The summed E-state index contributed by atoms with van der Waals surface area (Å²) in [7, 11) is 4.35. The van der Waals surface area contributed by atoms with Gasteiger partial charge in [-0.2, -0.15) is 0 Å². The number of nitrogens with one attached hydrogen (secondary N) is 3. The zero-order valence-electron chi connectivity index (χ0n) is 13.9. The van der Waals surface area contributed by atoms with Gasteiger partial charge in [0, 0.05) is 0 Å². The summed E-state index contributed by atoms with van der Waals surface area (Å²) >= 11 is 0. The van der Waals surface area contributed by atoms with E-state index in [-0.39, 0.29) is 5.41 Å².